The molecule has 3 aromatic carbocycles. The Balaban J connectivity index is 1.75. The first-order valence-electron chi connectivity index (χ1n) is 11.8. The minimum absolute atomic E-state index is 0.0327. The lowest BCUT2D eigenvalue weighted by Gasteiger charge is -2.14. The molecule has 0 fully saturated rings. The summed E-state index contributed by atoms with van der Waals surface area (Å²) >= 11 is 0. The molecule has 1 N–H and O–H groups in total. The van der Waals surface area contributed by atoms with Gasteiger partial charge in [0.2, 0.25) is 11.6 Å². The van der Waals surface area contributed by atoms with E-state index >= 15 is 0 Å². The average molecular weight is 503 g/mol. The summed E-state index contributed by atoms with van der Waals surface area (Å²) in [6, 6.07) is 18.9. The van der Waals surface area contributed by atoms with Crippen LogP contribution in [0.1, 0.15) is 28.7 Å². The molecule has 4 rings (SSSR count). The summed E-state index contributed by atoms with van der Waals surface area (Å²) < 4.78 is 23.7. The average Bonchev–Trinajstić information content (AvgIpc) is 3.37. The van der Waals surface area contributed by atoms with Gasteiger partial charge in [0, 0.05) is 12.1 Å². The van der Waals surface area contributed by atoms with Crippen LogP contribution in [0, 0.1) is 6.92 Å². The topological polar surface area (TPSA) is 96.7 Å². The first kappa shape index (κ1) is 25.6. The first-order valence-corrected chi connectivity index (χ1v) is 11.8. The van der Waals surface area contributed by atoms with E-state index < -0.39 is 0 Å². The Morgan fingerprint density at radius 1 is 0.946 bits per heavy atom. The van der Waals surface area contributed by atoms with Crippen LogP contribution >= 0.6 is 0 Å². The fourth-order valence-corrected chi connectivity index (χ4v) is 3.92. The summed E-state index contributed by atoms with van der Waals surface area (Å²) in [7, 11) is 4.63. The Labute approximate surface area is 216 Å². The molecule has 9 heteroatoms. The largest absolute Gasteiger partial charge is 0.494 e. The van der Waals surface area contributed by atoms with Crippen LogP contribution in [-0.4, -0.2) is 48.6 Å². The molecule has 0 bridgehead atoms. The molecule has 37 heavy (non-hydrogen) atoms. The molecule has 0 aliphatic rings. The maximum absolute atomic E-state index is 13.1. The van der Waals surface area contributed by atoms with Crippen molar-refractivity contribution in [1.82, 2.24) is 20.1 Å². The summed E-state index contributed by atoms with van der Waals surface area (Å²) in [5, 5.41) is 7.46. The second-order valence-corrected chi connectivity index (χ2v) is 8.18. The molecule has 192 valence electrons. The number of benzene rings is 3. The van der Waals surface area contributed by atoms with Gasteiger partial charge in [0.15, 0.2) is 17.3 Å². The van der Waals surface area contributed by atoms with Gasteiger partial charge in [0.05, 0.1) is 33.6 Å². The second kappa shape index (κ2) is 11.5. The molecular weight excluding hydrogens is 472 g/mol. The summed E-state index contributed by atoms with van der Waals surface area (Å²) in [4.78, 5) is 17.7. The number of rotatable bonds is 10. The number of hydrogen-bond donors (Lipinski definition) is 1. The molecule has 9 nitrogen and oxygen atoms in total. The molecule has 4 aromatic rings. The number of nitrogens with zero attached hydrogens (tertiary/aromatic N) is 3. The van der Waals surface area contributed by atoms with Crippen molar-refractivity contribution in [2.24, 2.45) is 0 Å². The standard InChI is InChI=1S/C28H30N4O5/c1-6-37-22-12-10-21(11-13-22)32-27(20-15-23(34-3)25(36-5)24(16-20)35-4)30-26(31-32)28(33)29-17-19-9-7-8-18(2)14-19/h7-16H,6,17H2,1-5H3,(H,29,33). The number of amides is 1. The van der Waals surface area contributed by atoms with Crippen LogP contribution in [0.5, 0.6) is 23.0 Å². The number of methoxy groups -OCH3 is 3. The van der Waals surface area contributed by atoms with Gasteiger partial charge < -0.3 is 24.3 Å². The lowest BCUT2D eigenvalue weighted by molar-refractivity contribution is 0.0940. The third kappa shape index (κ3) is 5.66. The van der Waals surface area contributed by atoms with Crippen molar-refractivity contribution in [2.45, 2.75) is 20.4 Å². The lowest BCUT2D eigenvalue weighted by Crippen LogP contribution is -2.24. The van der Waals surface area contributed by atoms with E-state index in [2.05, 4.69) is 15.4 Å². The highest BCUT2D eigenvalue weighted by Crippen LogP contribution is 2.41. The highest BCUT2D eigenvalue weighted by molar-refractivity contribution is 5.91. The van der Waals surface area contributed by atoms with Gasteiger partial charge in [0.1, 0.15) is 5.75 Å². The Kier molecular flexibility index (Phi) is 7.92. The molecule has 0 spiro atoms. The van der Waals surface area contributed by atoms with Crippen LogP contribution in [0.2, 0.25) is 0 Å². The number of ether oxygens (including phenoxy) is 4. The highest BCUT2D eigenvalue weighted by Gasteiger charge is 2.22. The van der Waals surface area contributed by atoms with Gasteiger partial charge in [-0.2, -0.15) is 0 Å². The van der Waals surface area contributed by atoms with Crippen molar-refractivity contribution in [1.29, 1.82) is 0 Å². The van der Waals surface area contributed by atoms with E-state index in [1.54, 1.807) is 38.1 Å². The third-order valence-electron chi connectivity index (χ3n) is 5.66. The van der Waals surface area contributed by atoms with Gasteiger partial charge in [-0.3, -0.25) is 4.79 Å². The zero-order valence-electron chi connectivity index (χ0n) is 21.6. The van der Waals surface area contributed by atoms with Gasteiger partial charge in [-0.05, 0) is 55.8 Å². The van der Waals surface area contributed by atoms with E-state index in [1.807, 2.05) is 62.4 Å². The molecule has 0 saturated carbocycles. The normalized spacial score (nSPS) is 10.6. The van der Waals surface area contributed by atoms with Crippen molar-refractivity contribution in [2.75, 3.05) is 27.9 Å². The van der Waals surface area contributed by atoms with Crippen LogP contribution < -0.4 is 24.3 Å². The van der Waals surface area contributed by atoms with Gasteiger partial charge in [0.25, 0.3) is 5.91 Å². The molecule has 0 aliphatic heterocycles. The Morgan fingerprint density at radius 3 is 2.24 bits per heavy atom. The molecule has 0 atom stereocenters. The minimum atomic E-state index is -0.389. The molecule has 0 aliphatic carbocycles. The predicted octanol–water partition coefficient (Wildman–Crippen LogP) is 4.60. The highest BCUT2D eigenvalue weighted by atomic mass is 16.5. The van der Waals surface area contributed by atoms with Crippen LogP contribution in [0.25, 0.3) is 17.1 Å². The van der Waals surface area contributed by atoms with Gasteiger partial charge in [-0.25, -0.2) is 9.67 Å². The molecule has 0 unspecified atom stereocenters. The van der Waals surface area contributed by atoms with Crippen molar-refractivity contribution in [3.63, 3.8) is 0 Å². The molecule has 1 amide bonds. The number of nitrogens with one attached hydrogen (secondary N) is 1. The Morgan fingerprint density at radius 2 is 1.65 bits per heavy atom. The molecular formula is C28H30N4O5. The fraction of sp³-hybridized carbons (Fsp3) is 0.250. The molecule has 1 heterocycles. The van der Waals surface area contributed by atoms with Crippen LogP contribution in [-0.2, 0) is 6.54 Å². The van der Waals surface area contributed by atoms with E-state index in [1.165, 1.54) is 0 Å². The van der Waals surface area contributed by atoms with Crippen LogP contribution in [0.15, 0.2) is 60.7 Å². The molecule has 0 saturated heterocycles. The zero-order chi connectivity index (χ0) is 26.4. The summed E-state index contributed by atoms with van der Waals surface area (Å²) in [5.74, 6) is 2.19. The number of carbonyl (C=O) groups is 1. The van der Waals surface area contributed by atoms with Crippen molar-refractivity contribution in [3.8, 4) is 40.1 Å². The maximum Gasteiger partial charge on any atom is 0.291 e. The van der Waals surface area contributed by atoms with Crippen molar-refractivity contribution in [3.05, 3.63) is 77.6 Å². The van der Waals surface area contributed by atoms with E-state index in [0.29, 0.717) is 47.5 Å². The van der Waals surface area contributed by atoms with Gasteiger partial charge in [-0.1, -0.05) is 29.8 Å². The zero-order valence-corrected chi connectivity index (χ0v) is 21.6. The van der Waals surface area contributed by atoms with Crippen LogP contribution in [0.4, 0.5) is 0 Å². The number of aryl methyl sites for hydroxylation is 1. The Hall–Kier alpha value is -4.53. The molecule has 1 aromatic heterocycles. The smallest absolute Gasteiger partial charge is 0.291 e. The third-order valence-corrected chi connectivity index (χ3v) is 5.66. The molecule has 0 radical (unpaired) electrons. The summed E-state index contributed by atoms with van der Waals surface area (Å²) in [6.07, 6.45) is 0. The van der Waals surface area contributed by atoms with Gasteiger partial charge in [-0.15, -0.1) is 5.10 Å². The first-order chi connectivity index (χ1) is 18.0. The maximum atomic E-state index is 13.1. The number of hydrogen-bond acceptors (Lipinski definition) is 7. The minimum Gasteiger partial charge on any atom is -0.494 e. The van der Waals surface area contributed by atoms with E-state index in [-0.39, 0.29) is 11.7 Å². The fourth-order valence-electron chi connectivity index (χ4n) is 3.92. The summed E-state index contributed by atoms with van der Waals surface area (Å²) in [5.41, 5.74) is 3.45. The van der Waals surface area contributed by atoms with Crippen molar-refractivity contribution < 1.29 is 23.7 Å². The lowest BCUT2D eigenvalue weighted by atomic mass is 10.1. The number of aromatic nitrogens is 3. The monoisotopic (exact) mass is 502 g/mol. The van der Waals surface area contributed by atoms with Crippen molar-refractivity contribution >= 4 is 5.91 Å². The SMILES string of the molecule is CCOc1ccc(-n2nc(C(=O)NCc3cccc(C)c3)nc2-c2cc(OC)c(OC)c(OC)c2)cc1. The van der Waals surface area contributed by atoms with Crippen LogP contribution in [0.3, 0.4) is 0 Å². The second-order valence-electron chi connectivity index (χ2n) is 8.18. The number of carbonyl (C=O) groups excluding carboxylic acids is 1. The van der Waals surface area contributed by atoms with E-state index in [9.17, 15) is 4.79 Å². The van der Waals surface area contributed by atoms with Gasteiger partial charge >= 0.3 is 0 Å². The predicted molar refractivity (Wildman–Crippen MR) is 140 cm³/mol. The van der Waals surface area contributed by atoms with E-state index in [0.717, 1.165) is 16.9 Å². The Bertz CT molecular complexity index is 1360. The summed E-state index contributed by atoms with van der Waals surface area (Å²) in [6.45, 7) is 4.85. The van der Waals surface area contributed by atoms with E-state index in [4.69, 9.17) is 18.9 Å². The quantitative estimate of drug-likeness (QED) is 0.339.